The summed E-state index contributed by atoms with van der Waals surface area (Å²) in [6, 6.07) is 4.23. The maximum atomic E-state index is 4.51. The summed E-state index contributed by atoms with van der Waals surface area (Å²) < 4.78 is 2.10. The first-order valence-corrected chi connectivity index (χ1v) is 4.64. The van der Waals surface area contributed by atoms with E-state index in [1.54, 1.807) is 0 Å². The van der Waals surface area contributed by atoms with Crippen molar-refractivity contribution in [3.63, 3.8) is 0 Å². The van der Waals surface area contributed by atoms with E-state index >= 15 is 0 Å². The van der Waals surface area contributed by atoms with Gasteiger partial charge in [-0.05, 0) is 31.0 Å². The highest BCUT2D eigenvalue weighted by atomic mass is 15.0. The Kier molecular flexibility index (Phi) is 1.83. The van der Waals surface area contributed by atoms with Gasteiger partial charge in [-0.3, -0.25) is 0 Å². The summed E-state index contributed by atoms with van der Waals surface area (Å²) in [7, 11) is 2.05. The topological polar surface area (TPSA) is 17.8 Å². The third-order valence-electron chi connectivity index (χ3n) is 2.42. The number of pyridine rings is 1. The van der Waals surface area contributed by atoms with Gasteiger partial charge in [-0.25, -0.2) is 4.98 Å². The highest BCUT2D eigenvalue weighted by Crippen LogP contribution is 2.19. The molecule has 2 heterocycles. The lowest BCUT2D eigenvalue weighted by molar-refractivity contribution is 0.933. The van der Waals surface area contributed by atoms with E-state index in [2.05, 4.69) is 34.8 Å². The summed E-state index contributed by atoms with van der Waals surface area (Å²) >= 11 is 0. The van der Waals surface area contributed by atoms with Crippen LogP contribution >= 0.6 is 0 Å². The summed E-state index contributed by atoms with van der Waals surface area (Å²) in [6.45, 7) is 4.20. The van der Waals surface area contributed by atoms with E-state index in [9.17, 15) is 0 Å². The molecule has 0 N–H and O–H groups in total. The first-order chi connectivity index (χ1) is 6.22. The fraction of sp³-hybridized carbons (Fsp3) is 0.364. The molecule has 0 saturated heterocycles. The predicted octanol–water partition coefficient (Wildman–Crippen LogP) is 2.44. The van der Waals surface area contributed by atoms with E-state index in [0.29, 0.717) is 0 Å². The molecule has 0 aliphatic rings. The van der Waals surface area contributed by atoms with Crippen LogP contribution in [0.25, 0.3) is 11.0 Å². The minimum atomic E-state index is 1.07. The number of rotatable bonds is 1. The molecule has 0 aromatic carbocycles. The highest BCUT2D eigenvalue weighted by Gasteiger charge is 2.05. The summed E-state index contributed by atoms with van der Waals surface area (Å²) in [4.78, 5) is 4.51. The van der Waals surface area contributed by atoms with Crippen molar-refractivity contribution in [3.8, 4) is 0 Å². The van der Waals surface area contributed by atoms with E-state index in [0.717, 1.165) is 17.8 Å². The quantitative estimate of drug-likeness (QED) is 0.649. The molecular formula is C11H14N2. The number of aromatic nitrogens is 2. The Hall–Kier alpha value is -1.31. The van der Waals surface area contributed by atoms with E-state index in [4.69, 9.17) is 0 Å². The summed E-state index contributed by atoms with van der Waals surface area (Å²) in [6.07, 6.45) is 3.24. The zero-order valence-electron chi connectivity index (χ0n) is 8.33. The van der Waals surface area contributed by atoms with Crippen LogP contribution in [0, 0.1) is 6.92 Å². The third-order valence-corrected chi connectivity index (χ3v) is 2.42. The number of fused-ring (bicyclic) bond motifs is 1. The van der Waals surface area contributed by atoms with Crippen LogP contribution in [0.15, 0.2) is 18.3 Å². The normalized spacial score (nSPS) is 11.0. The van der Waals surface area contributed by atoms with Gasteiger partial charge in [0, 0.05) is 24.3 Å². The first kappa shape index (κ1) is 8.30. The molecular weight excluding hydrogens is 160 g/mol. The number of nitrogens with zero attached hydrogens (tertiary/aromatic N) is 2. The maximum Gasteiger partial charge on any atom is 0.140 e. The Labute approximate surface area is 78.2 Å². The van der Waals surface area contributed by atoms with Gasteiger partial charge in [-0.15, -0.1) is 0 Å². The molecule has 2 heteroatoms. The molecule has 0 radical (unpaired) electrons. The Balaban J connectivity index is 2.80. The third kappa shape index (κ3) is 1.22. The van der Waals surface area contributed by atoms with Gasteiger partial charge in [0.1, 0.15) is 5.65 Å². The monoisotopic (exact) mass is 174 g/mol. The minimum absolute atomic E-state index is 1.07. The van der Waals surface area contributed by atoms with E-state index in [1.165, 1.54) is 10.9 Å². The molecule has 2 aromatic rings. The van der Waals surface area contributed by atoms with Gasteiger partial charge in [0.15, 0.2) is 0 Å². The molecule has 68 valence electrons. The Morgan fingerprint density at radius 3 is 2.85 bits per heavy atom. The van der Waals surface area contributed by atoms with Gasteiger partial charge in [0.2, 0.25) is 0 Å². The summed E-state index contributed by atoms with van der Waals surface area (Å²) in [5.74, 6) is 0. The van der Waals surface area contributed by atoms with Gasteiger partial charge in [-0.2, -0.15) is 0 Å². The van der Waals surface area contributed by atoms with Gasteiger partial charge in [-0.1, -0.05) is 6.92 Å². The van der Waals surface area contributed by atoms with Crippen molar-refractivity contribution in [2.24, 2.45) is 7.05 Å². The summed E-state index contributed by atoms with van der Waals surface area (Å²) in [5.41, 5.74) is 3.55. The van der Waals surface area contributed by atoms with Gasteiger partial charge in [0.05, 0.1) is 0 Å². The van der Waals surface area contributed by atoms with Crippen molar-refractivity contribution in [2.45, 2.75) is 20.3 Å². The van der Waals surface area contributed by atoms with Crippen LogP contribution in [-0.4, -0.2) is 9.55 Å². The lowest BCUT2D eigenvalue weighted by atomic mass is 10.2. The van der Waals surface area contributed by atoms with E-state index in [1.807, 2.05) is 14.0 Å². The Bertz CT molecular complexity index is 441. The van der Waals surface area contributed by atoms with Crippen molar-refractivity contribution in [1.82, 2.24) is 9.55 Å². The van der Waals surface area contributed by atoms with Gasteiger partial charge in [0.25, 0.3) is 0 Å². The molecule has 0 amide bonds. The number of aryl methyl sites for hydroxylation is 3. The second-order valence-electron chi connectivity index (χ2n) is 3.44. The van der Waals surface area contributed by atoms with Crippen LogP contribution in [-0.2, 0) is 13.5 Å². The fourth-order valence-corrected chi connectivity index (χ4v) is 1.71. The molecule has 2 nitrogen and oxygen atoms in total. The summed E-state index contributed by atoms with van der Waals surface area (Å²) in [5, 5.41) is 1.29. The molecule has 0 aliphatic heterocycles. The second-order valence-corrected chi connectivity index (χ2v) is 3.44. The zero-order valence-corrected chi connectivity index (χ0v) is 8.33. The molecule has 0 bridgehead atoms. The van der Waals surface area contributed by atoms with Crippen LogP contribution in [0.4, 0.5) is 0 Å². The average Bonchev–Trinajstić information content (AvgIpc) is 2.43. The molecule has 13 heavy (non-hydrogen) atoms. The lowest BCUT2D eigenvalue weighted by Gasteiger charge is -1.96. The van der Waals surface area contributed by atoms with Crippen LogP contribution < -0.4 is 0 Å². The van der Waals surface area contributed by atoms with Crippen LogP contribution in [0.1, 0.15) is 18.2 Å². The molecule has 0 spiro atoms. The fourth-order valence-electron chi connectivity index (χ4n) is 1.71. The molecule has 2 rings (SSSR count). The largest absolute Gasteiger partial charge is 0.335 e. The van der Waals surface area contributed by atoms with Gasteiger partial charge < -0.3 is 4.57 Å². The van der Waals surface area contributed by atoms with Crippen LogP contribution in [0.3, 0.4) is 0 Å². The number of hydrogen-bond donors (Lipinski definition) is 0. The van der Waals surface area contributed by atoms with Crippen molar-refractivity contribution in [1.29, 1.82) is 0 Å². The molecule has 0 aliphatic carbocycles. The van der Waals surface area contributed by atoms with E-state index < -0.39 is 0 Å². The lowest BCUT2D eigenvalue weighted by Crippen LogP contribution is -1.88. The number of hydrogen-bond acceptors (Lipinski definition) is 1. The molecule has 0 unspecified atom stereocenters. The Morgan fingerprint density at radius 1 is 1.38 bits per heavy atom. The van der Waals surface area contributed by atoms with Crippen LogP contribution in [0.2, 0.25) is 0 Å². The van der Waals surface area contributed by atoms with E-state index in [-0.39, 0.29) is 0 Å². The highest BCUT2D eigenvalue weighted by molar-refractivity contribution is 5.80. The minimum Gasteiger partial charge on any atom is -0.335 e. The smallest absolute Gasteiger partial charge is 0.140 e. The maximum absolute atomic E-state index is 4.51. The zero-order chi connectivity index (χ0) is 9.42. The van der Waals surface area contributed by atoms with Gasteiger partial charge >= 0.3 is 0 Å². The first-order valence-electron chi connectivity index (χ1n) is 4.64. The van der Waals surface area contributed by atoms with Crippen molar-refractivity contribution < 1.29 is 0 Å². The van der Waals surface area contributed by atoms with Crippen molar-refractivity contribution >= 4 is 11.0 Å². The Morgan fingerprint density at radius 2 is 2.15 bits per heavy atom. The molecule has 0 atom stereocenters. The van der Waals surface area contributed by atoms with Crippen molar-refractivity contribution in [2.75, 3.05) is 0 Å². The SMILES string of the molecule is CCc1cn(C)c2nc(C)ccc12. The molecule has 0 saturated carbocycles. The molecule has 0 fully saturated rings. The standard InChI is InChI=1S/C11H14N2/c1-4-9-7-13(3)11-10(9)6-5-8(2)12-11/h5-7H,4H2,1-3H3. The second kappa shape index (κ2) is 2.87. The average molecular weight is 174 g/mol. The predicted molar refractivity (Wildman–Crippen MR) is 54.8 cm³/mol. The van der Waals surface area contributed by atoms with Crippen LogP contribution in [0.5, 0.6) is 0 Å². The van der Waals surface area contributed by atoms with Crippen molar-refractivity contribution in [3.05, 3.63) is 29.6 Å². The molecule has 2 aromatic heterocycles.